The van der Waals surface area contributed by atoms with Crippen molar-refractivity contribution in [1.82, 2.24) is 14.8 Å². The number of nitrogens with one attached hydrogen (secondary N) is 1. The summed E-state index contributed by atoms with van der Waals surface area (Å²) in [5, 5.41) is 11.8. The summed E-state index contributed by atoms with van der Waals surface area (Å²) in [6, 6.07) is 11.1. The van der Waals surface area contributed by atoms with E-state index < -0.39 is 0 Å². The molecule has 8 heteroatoms. The molecule has 0 spiro atoms. The van der Waals surface area contributed by atoms with Crippen LogP contribution in [0.25, 0.3) is 11.6 Å². The molecule has 2 heterocycles. The Balaban J connectivity index is 1.69. The van der Waals surface area contributed by atoms with Crippen molar-refractivity contribution < 1.29 is 9.21 Å². The average Bonchev–Trinajstić information content (AvgIpc) is 3.25. The predicted molar refractivity (Wildman–Crippen MR) is 101 cm³/mol. The van der Waals surface area contributed by atoms with Crippen molar-refractivity contribution in [3.05, 3.63) is 59.8 Å². The van der Waals surface area contributed by atoms with Crippen molar-refractivity contribution in [2.75, 3.05) is 11.1 Å². The van der Waals surface area contributed by atoms with E-state index in [1.165, 1.54) is 11.8 Å². The highest BCUT2D eigenvalue weighted by molar-refractivity contribution is 9.10. The lowest BCUT2D eigenvalue weighted by molar-refractivity contribution is -0.113. The fraction of sp³-hybridized carbons (Fsp3) is 0.118. The Morgan fingerprint density at radius 2 is 2.16 bits per heavy atom. The first-order valence-electron chi connectivity index (χ1n) is 7.44. The minimum absolute atomic E-state index is 0.121. The number of furan rings is 1. The van der Waals surface area contributed by atoms with Gasteiger partial charge < -0.3 is 9.73 Å². The van der Waals surface area contributed by atoms with Gasteiger partial charge in [-0.15, -0.1) is 16.8 Å². The molecular weight excluding hydrogens is 404 g/mol. The number of benzene rings is 1. The molecule has 0 unspecified atom stereocenters. The Bertz CT molecular complexity index is 877. The minimum atomic E-state index is -0.121. The molecule has 0 saturated carbocycles. The predicted octanol–water partition coefficient (Wildman–Crippen LogP) is 4.22. The van der Waals surface area contributed by atoms with Gasteiger partial charge in [-0.3, -0.25) is 9.36 Å². The number of carbonyl (C=O) groups is 1. The number of nitrogens with zero attached hydrogens (tertiary/aromatic N) is 3. The maximum Gasteiger partial charge on any atom is 0.234 e. The van der Waals surface area contributed by atoms with Crippen LogP contribution in [0, 0.1) is 0 Å². The van der Waals surface area contributed by atoms with Crippen molar-refractivity contribution >= 4 is 39.3 Å². The van der Waals surface area contributed by atoms with Gasteiger partial charge in [0.15, 0.2) is 10.9 Å². The van der Waals surface area contributed by atoms with Crippen LogP contribution in [0.3, 0.4) is 0 Å². The molecule has 3 rings (SSSR count). The van der Waals surface area contributed by atoms with Crippen molar-refractivity contribution in [3.63, 3.8) is 0 Å². The van der Waals surface area contributed by atoms with Gasteiger partial charge in [-0.05, 0) is 40.2 Å². The van der Waals surface area contributed by atoms with E-state index >= 15 is 0 Å². The maximum atomic E-state index is 12.2. The Morgan fingerprint density at radius 1 is 1.32 bits per heavy atom. The zero-order valence-electron chi connectivity index (χ0n) is 13.2. The lowest BCUT2D eigenvalue weighted by Crippen LogP contribution is -2.15. The number of para-hydroxylation sites is 1. The first kappa shape index (κ1) is 17.5. The quantitative estimate of drug-likeness (QED) is 0.459. The lowest BCUT2D eigenvalue weighted by atomic mass is 10.3. The van der Waals surface area contributed by atoms with E-state index in [1.54, 1.807) is 18.4 Å². The van der Waals surface area contributed by atoms with Crippen LogP contribution in [-0.4, -0.2) is 26.4 Å². The molecule has 3 aromatic rings. The third-order valence-electron chi connectivity index (χ3n) is 3.25. The summed E-state index contributed by atoms with van der Waals surface area (Å²) in [4.78, 5) is 12.2. The summed E-state index contributed by atoms with van der Waals surface area (Å²) in [5.74, 6) is 1.33. The zero-order chi connectivity index (χ0) is 17.6. The van der Waals surface area contributed by atoms with E-state index in [4.69, 9.17) is 4.42 Å². The Hall–Kier alpha value is -2.32. The summed E-state index contributed by atoms with van der Waals surface area (Å²) in [6.45, 7) is 4.28. The zero-order valence-corrected chi connectivity index (χ0v) is 15.6. The van der Waals surface area contributed by atoms with Gasteiger partial charge in [0.05, 0.1) is 17.7 Å². The maximum absolute atomic E-state index is 12.2. The molecule has 6 nitrogen and oxygen atoms in total. The van der Waals surface area contributed by atoms with Crippen LogP contribution in [0.5, 0.6) is 0 Å². The molecule has 2 aromatic heterocycles. The second-order valence-corrected chi connectivity index (χ2v) is 6.80. The SMILES string of the molecule is C=CCn1c(SCC(=O)Nc2ccccc2Br)nnc1-c1ccco1. The van der Waals surface area contributed by atoms with Crippen molar-refractivity contribution in [2.24, 2.45) is 0 Å². The molecule has 0 aliphatic heterocycles. The second-order valence-electron chi connectivity index (χ2n) is 5.00. The van der Waals surface area contributed by atoms with E-state index in [0.29, 0.717) is 23.3 Å². The topological polar surface area (TPSA) is 73.0 Å². The number of carbonyl (C=O) groups excluding carboxylic acids is 1. The largest absolute Gasteiger partial charge is 0.461 e. The summed E-state index contributed by atoms with van der Waals surface area (Å²) in [6.07, 6.45) is 3.33. The monoisotopic (exact) mass is 418 g/mol. The molecule has 0 atom stereocenters. The van der Waals surface area contributed by atoms with E-state index in [0.717, 1.165) is 10.2 Å². The van der Waals surface area contributed by atoms with Gasteiger partial charge in [0.2, 0.25) is 11.7 Å². The molecule has 0 bridgehead atoms. The first-order valence-corrected chi connectivity index (χ1v) is 9.22. The van der Waals surface area contributed by atoms with Crippen LogP contribution < -0.4 is 5.32 Å². The van der Waals surface area contributed by atoms with Crippen LogP contribution in [-0.2, 0) is 11.3 Å². The molecule has 1 amide bonds. The third-order valence-corrected chi connectivity index (χ3v) is 4.91. The van der Waals surface area contributed by atoms with Gasteiger partial charge in [0.25, 0.3) is 0 Å². The number of anilines is 1. The van der Waals surface area contributed by atoms with Gasteiger partial charge in [-0.1, -0.05) is 30.0 Å². The smallest absolute Gasteiger partial charge is 0.234 e. The lowest BCUT2D eigenvalue weighted by Gasteiger charge is -2.08. The highest BCUT2D eigenvalue weighted by Gasteiger charge is 2.16. The standard InChI is InChI=1S/C17H15BrN4O2S/c1-2-9-22-16(14-8-5-10-24-14)20-21-17(22)25-11-15(23)19-13-7-4-3-6-12(13)18/h2-8,10H,1,9,11H2,(H,19,23). The molecule has 0 fully saturated rings. The number of aromatic nitrogens is 3. The molecule has 0 saturated heterocycles. The van der Waals surface area contributed by atoms with Crippen molar-refractivity contribution in [3.8, 4) is 11.6 Å². The summed E-state index contributed by atoms with van der Waals surface area (Å²) >= 11 is 4.72. The van der Waals surface area contributed by atoms with Gasteiger partial charge in [-0.2, -0.15) is 0 Å². The summed E-state index contributed by atoms with van der Waals surface area (Å²) in [5.41, 5.74) is 0.733. The molecule has 0 aliphatic rings. The number of thioether (sulfide) groups is 1. The van der Waals surface area contributed by atoms with E-state index in [1.807, 2.05) is 34.9 Å². The second kappa shape index (κ2) is 8.17. The molecule has 1 N–H and O–H groups in total. The molecule has 0 radical (unpaired) electrons. The fourth-order valence-corrected chi connectivity index (χ4v) is 3.29. The van der Waals surface area contributed by atoms with E-state index in [-0.39, 0.29) is 11.7 Å². The molecular formula is C17H15BrN4O2S. The first-order chi connectivity index (χ1) is 12.2. The van der Waals surface area contributed by atoms with Crippen LogP contribution in [0.1, 0.15) is 0 Å². The Morgan fingerprint density at radius 3 is 2.88 bits per heavy atom. The highest BCUT2D eigenvalue weighted by Crippen LogP contribution is 2.25. The average molecular weight is 419 g/mol. The molecule has 25 heavy (non-hydrogen) atoms. The number of hydrogen-bond donors (Lipinski definition) is 1. The third kappa shape index (κ3) is 4.21. The van der Waals surface area contributed by atoms with Crippen LogP contribution in [0.15, 0.2) is 69.4 Å². The number of hydrogen-bond acceptors (Lipinski definition) is 5. The van der Waals surface area contributed by atoms with Crippen molar-refractivity contribution in [1.29, 1.82) is 0 Å². The number of allylic oxidation sites excluding steroid dienone is 1. The summed E-state index contributed by atoms with van der Waals surface area (Å²) < 4.78 is 8.09. The van der Waals surface area contributed by atoms with Crippen molar-refractivity contribution in [2.45, 2.75) is 11.7 Å². The van der Waals surface area contributed by atoms with Gasteiger partial charge in [0.1, 0.15) is 0 Å². The molecule has 1 aromatic carbocycles. The number of halogens is 1. The fourth-order valence-electron chi connectivity index (χ4n) is 2.16. The number of amides is 1. The highest BCUT2D eigenvalue weighted by atomic mass is 79.9. The van der Waals surface area contributed by atoms with E-state index in [9.17, 15) is 4.79 Å². The van der Waals surface area contributed by atoms with Gasteiger partial charge >= 0.3 is 0 Å². The summed E-state index contributed by atoms with van der Waals surface area (Å²) in [7, 11) is 0. The van der Waals surface area contributed by atoms with Crippen LogP contribution in [0.2, 0.25) is 0 Å². The normalized spacial score (nSPS) is 10.6. The van der Waals surface area contributed by atoms with E-state index in [2.05, 4.69) is 38.0 Å². The van der Waals surface area contributed by atoms with Crippen LogP contribution >= 0.6 is 27.7 Å². The van der Waals surface area contributed by atoms with Crippen LogP contribution in [0.4, 0.5) is 5.69 Å². The van der Waals surface area contributed by atoms with Gasteiger partial charge in [-0.25, -0.2) is 0 Å². The molecule has 0 aliphatic carbocycles. The van der Waals surface area contributed by atoms with Gasteiger partial charge in [0, 0.05) is 11.0 Å². The minimum Gasteiger partial charge on any atom is -0.461 e. The molecule has 128 valence electrons. The number of rotatable bonds is 7. The Kier molecular flexibility index (Phi) is 5.72. The Labute approximate surface area is 157 Å².